The van der Waals surface area contributed by atoms with E-state index in [0.717, 1.165) is 37.5 Å². The van der Waals surface area contributed by atoms with Crippen molar-refractivity contribution in [3.05, 3.63) is 47.5 Å². The Kier molecular flexibility index (Phi) is 5.58. The fourth-order valence-corrected chi connectivity index (χ4v) is 4.21. The number of hydrogen-bond donors (Lipinski definition) is 0. The Labute approximate surface area is 165 Å². The first kappa shape index (κ1) is 18.2. The number of nitrogens with zero attached hydrogens (tertiary/aromatic N) is 5. The molecule has 4 rings (SSSR count). The van der Waals surface area contributed by atoms with Crippen molar-refractivity contribution >= 4 is 44.2 Å². The van der Waals surface area contributed by atoms with Crippen molar-refractivity contribution < 1.29 is 9.53 Å². The fraction of sp³-hybridized carbons (Fsp3) is 0.333. The largest absolute Gasteiger partial charge is 0.379 e. The van der Waals surface area contributed by atoms with Crippen molar-refractivity contribution in [3.8, 4) is 0 Å². The van der Waals surface area contributed by atoms with Crippen LogP contribution < -0.4 is 4.90 Å². The molecule has 0 spiro atoms. The summed E-state index contributed by atoms with van der Waals surface area (Å²) in [6, 6.07) is 5.64. The Morgan fingerprint density at radius 2 is 2.15 bits per heavy atom. The summed E-state index contributed by atoms with van der Waals surface area (Å²) < 4.78 is 6.34. The number of anilines is 1. The molecule has 2 aromatic heterocycles. The number of rotatable bonds is 5. The number of amides is 1. The highest BCUT2D eigenvalue weighted by Crippen LogP contribution is 2.33. The number of thiazole rings is 1. The van der Waals surface area contributed by atoms with Gasteiger partial charge in [-0.1, -0.05) is 29.0 Å². The topological polar surface area (TPSA) is 71.5 Å². The lowest BCUT2D eigenvalue weighted by Gasteiger charge is -2.29. The summed E-state index contributed by atoms with van der Waals surface area (Å²) in [5.74, 6) is -0.216. The van der Waals surface area contributed by atoms with Gasteiger partial charge in [0.1, 0.15) is 11.2 Å². The van der Waals surface area contributed by atoms with Crippen LogP contribution >= 0.6 is 22.9 Å². The average Bonchev–Trinajstić information content (AvgIpc) is 3.15. The molecule has 0 atom stereocenters. The first-order valence-corrected chi connectivity index (χ1v) is 9.85. The Morgan fingerprint density at radius 1 is 1.30 bits per heavy atom. The zero-order chi connectivity index (χ0) is 18.6. The molecule has 0 unspecified atom stereocenters. The normalized spacial score (nSPS) is 15.1. The predicted molar refractivity (Wildman–Crippen MR) is 106 cm³/mol. The second kappa shape index (κ2) is 8.26. The van der Waals surface area contributed by atoms with Crippen molar-refractivity contribution in [3.63, 3.8) is 0 Å². The van der Waals surface area contributed by atoms with E-state index in [9.17, 15) is 4.79 Å². The van der Waals surface area contributed by atoms with Gasteiger partial charge in [0.05, 0.1) is 29.1 Å². The van der Waals surface area contributed by atoms with Gasteiger partial charge in [-0.15, -0.1) is 0 Å². The zero-order valence-electron chi connectivity index (χ0n) is 14.5. The van der Waals surface area contributed by atoms with Gasteiger partial charge >= 0.3 is 0 Å². The van der Waals surface area contributed by atoms with Crippen LogP contribution in [-0.4, -0.2) is 65.2 Å². The second-order valence-corrected chi connectivity index (χ2v) is 7.50. The zero-order valence-corrected chi connectivity index (χ0v) is 16.1. The molecule has 0 radical (unpaired) electrons. The Bertz CT molecular complexity index is 930. The molecule has 1 aliphatic heterocycles. The molecule has 1 fully saturated rings. The third-order valence-electron chi connectivity index (χ3n) is 4.36. The van der Waals surface area contributed by atoms with E-state index in [2.05, 4.69) is 19.9 Å². The highest BCUT2D eigenvalue weighted by molar-refractivity contribution is 7.22. The Balaban J connectivity index is 1.63. The summed E-state index contributed by atoms with van der Waals surface area (Å²) in [5, 5.41) is 1.19. The predicted octanol–water partition coefficient (Wildman–Crippen LogP) is 2.72. The summed E-state index contributed by atoms with van der Waals surface area (Å²) in [6.45, 7) is 4.40. The number of ether oxygens (including phenoxy) is 1. The average molecular weight is 404 g/mol. The number of carbonyl (C=O) groups is 1. The summed E-state index contributed by atoms with van der Waals surface area (Å²) in [7, 11) is 0. The molecule has 3 aromatic rings. The van der Waals surface area contributed by atoms with E-state index in [-0.39, 0.29) is 5.91 Å². The minimum absolute atomic E-state index is 0.216. The lowest BCUT2D eigenvalue weighted by Crippen LogP contribution is -2.43. The van der Waals surface area contributed by atoms with E-state index in [0.29, 0.717) is 27.9 Å². The summed E-state index contributed by atoms with van der Waals surface area (Å²) >= 11 is 7.71. The van der Waals surface area contributed by atoms with Gasteiger partial charge < -0.3 is 4.74 Å². The maximum absolute atomic E-state index is 13.1. The number of para-hydroxylation sites is 1. The molecule has 0 aliphatic carbocycles. The number of fused-ring (bicyclic) bond motifs is 1. The van der Waals surface area contributed by atoms with Crippen LogP contribution in [0.3, 0.4) is 0 Å². The second-order valence-electron chi connectivity index (χ2n) is 6.08. The number of benzene rings is 1. The van der Waals surface area contributed by atoms with Gasteiger partial charge in [0.15, 0.2) is 5.13 Å². The van der Waals surface area contributed by atoms with Gasteiger partial charge in [0.2, 0.25) is 0 Å². The molecule has 0 N–H and O–H groups in total. The van der Waals surface area contributed by atoms with Crippen LogP contribution in [0.15, 0.2) is 36.8 Å². The van der Waals surface area contributed by atoms with Crippen molar-refractivity contribution in [1.82, 2.24) is 19.9 Å². The number of aromatic nitrogens is 3. The SMILES string of the molecule is O=C(c1cnccn1)N(CCN1CCOCC1)c1nc2c(Cl)cccc2s1. The highest BCUT2D eigenvalue weighted by atomic mass is 35.5. The monoisotopic (exact) mass is 403 g/mol. The third kappa shape index (κ3) is 4.08. The van der Waals surface area contributed by atoms with Gasteiger partial charge in [-0.05, 0) is 12.1 Å². The first-order valence-electron chi connectivity index (χ1n) is 8.65. The molecule has 0 saturated carbocycles. The van der Waals surface area contributed by atoms with Crippen LogP contribution in [0.4, 0.5) is 5.13 Å². The molecular weight excluding hydrogens is 386 g/mol. The van der Waals surface area contributed by atoms with E-state index in [1.807, 2.05) is 12.1 Å². The van der Waals surface area contributed by atoms with Gasteiger partial charge in [0, 0.05) is 38.6 Å². The maximum atomic E-state index is 13.1. The van der Waals surface area contributed by atoms with Crippen LogP contribution in [-0.2, 0) is 4.74 Å². The highest BCUT2D eigenvalue weighted by Gasteiger charge is 2.24. The van der Waals surface area contributed by atoms with Crippen LogP contribution in [0.5, 0.6) is 0 Å². The number of carbonyl (C=O) groups excluding carboxylic acids is 1. The lowest BCUT2D eigenvalue weighted by atomic mass is 10.3. The van der Waals surface area contributed by atoms with Crippen molar-refractivity contribution in [2.75, 3.05) is 44.3 Å². The molecule has 1 saturated heterocycles. The lowest BCUT2D eigenvalue weighted by molar-refractivity contribution is 0.0391. The molecule has 9 heteroatoms. The van der Waals surface area contributed by atoms with E-state index < -0.39 is 0 Å². The molecule has 140 valence electrons. The maximum Gasteiger partial charge on any atom is 0.280 e. The van der Waals surface area contributed by atoms with E-state index in [4.69, 9.17) is 16.3 Å². The minimum atomic E-state index is -0.216. The van der Waals surface area contributed by atoms with E-state index in [1.54, 1.807) is 17.2 Å². The molecule has 3 heterocycles. The van der Waals surface area contributed by atoms with Crippen LogP contribution in [0.2, 0.25) is 5.02 Å². The number of halogens is 1. The summed E-state index contributed by atoms with van der Waals surface area (Å²) in [4.78, 5) is 29.8. The fourth-order valence-electron chi connectivity index (χ4n) is 2.92. The van der Waals surface area contributed by atoms with Gasteiger partial charge in [-0.25, -0.2) is 9.97 Å². The molecule has 1 amide bonds. The van der Waals surface area contributed by atoms with E-state index in [1.165, 1.54) is 23.7 Å². The Hall–Kier alpha value is -2.13. The molecule has 7 nitrogen and oxygen atoms in total. The standard InChI is InChI=1S/C18H18ClN5O2S/c19-13-2-1-3-15-16(13)22-18(27-15)24(7-6-23-8-10-26-11-9-23)17(25)14-12-20-4-5-21-14/h1-5,12H,6-11H2. The van der Waals surface area contributed by atoms with Crippen LogP contribution in [0, 0.1) is 0 Å². The quantitative estimate of drug-likeness (QED) is 0.652. The molecule has 0 bridgehead atoms. The summed E-state index contributed by atoms with van der Waals surface area (Å²) in [6.07, 6.45) is 4.54. The van der Waals surface area contributed by atoms with Crippen molar-refractivity contribution in [2.24, 2.45) is 0 Å². The van der Waals surface area contributed by atoms with Gasteiger partial charge in [-0.2, -0.15) is 0 Å². The molecule has 1 aromatic carbocycles. The summed E-state index contributed by atoms with van der Waals surface area (Å²) in [5.41, 5.74) is 1.01. The number of morpholine rings is 1. The molecule has 1 aliphatic rings. The molecule has 27 heavy (non-hydrogen) atoms. The third-order valence-corrected chi connectivity index (χ3v) is 5.71. The minimum Gasteiger partial charge on any atom is -0.379 e. The van der Waals surface area contributed by atoms with Crippen molar-refractivity contribution in [1.29, 1.82) is 0 Å². The van der Waals surface area contributed by atoms with Gasteiger partial charge in [0.25, 0.3) is 5.91 Å². The smallest absolute Gasteiger partial charge is 0.280 e. The van der Waals surface area contributed by atoms with Crippen molar-refractivity contribution in [2.45, 2.75) is 0 Å². The molecular formula is C18H18ClN5O2S. The first-order chi connectivity index (χ1) is 13.2. The van der Waals surface area contributed by atoms with E-state index >= 15 is 0 Å². The van der Waals surface area contributed by atoms with Gasteiger partial charge in [-0.3, -0.25) is 19.6 Å². The number of hydrogen-bond acceptors (Lipinski definition) is 7. The van der Waals surface area contributed by atoms with Crippen LogP contribution in [0.25, 0.3) is 10.2 Å². The van der Waals surface area contributed by atoms with Crippen LogP contribution in [0.1, 0.15) is 10.5 Å². The Morgan fingerprint density at radius 3 is 2.89 bits per heavy atom.